The van der Waals surface area contributed by atoms with Crippen LogP contribution in [0.2, 0.25) is 5.02 Å². The average molecular weight is 419 g/mol. The second-order valence-corrected chi connectivity index (χ2v) is 10.8. The van der Waals surface area contributed by atoms with Crippen molar-refractivity contribution in [2.24, 2.45) is 23.2 Å². The molecule has 1 atom stereocenters. The normalized spacial score (nSPS) is 35.2. The first-order chi connectivity index (χ1) is 14.1. The summed E-state index contributed by atoms with van der Waals surface area (Å²) in [6.07, 6.45) is 8.16. The molecule has 0 unspecified atom stereocenters. The summed E-state index contributed by atoms with van der Waals surface area (Å²) in [7, 11) is 0. The van der Waals surface area contributed by atoms with Crippen molar-refractivity contribution < 1.29 is 9.84 Å². The van der Waals surface area contributed by atoms with E-state index in [0.29, 0.717) is 18.6 Å². The van der Waals surface area contributed by atoms with Gasteiger partial charge in [0.05, 0.1) is 19.3 Å². The fourth-order valence-corrected chi connectivity index (χ4v) is 7.27. The maximum absolute atomic E-state index is 10.5. The summed E-state index contributed by atoms with van der Waals surface area (Å²) in [5.41, 5.74) is 1.63. The Balaban J connectivity index is 1.04. The summed E-state index contributed by atoms with van der Waals surface area (Å²) in [6, 6.07) is 8.08. The fourth-order valence-electron chi connectivity index (χ4n) is 7.09. The number of anilines is 1. The molecule has 160 valence electrons. The van der Waals surface area contributed by atoms with Gasteiger partial charge < -0.3 is 14.7 Å². The van der Waals surface area contributed by atoms with Gasteiger partial charge in [-0.2, -0.15) is 0 Å². The molecule has 4 bridgehead atoms. The topological polar surface area (TPSA) is 35.9 Å². The number of ether oxygens (including phenoxy) is 1. The lowest BCUT2D eigenvalue weighted by Gasteiger charge is -2.56. The van der Waals surface area contributed by atoms with E-state index in [2.05, 4.69) is 15.9 Å². The molecule has 1 saturated heterocycles. The Labute approximate surface area is 180 Å². The van der Waals surface area contributed by atoms with Crippen LogP contribution in [0.15, 0.2) is 24.3 Å². The van der Waals surface area contributed by atoms with Crippen LogP contribution in [0, 0.1) is 23.2 Å². The molecule has 1 aromatic carbocycles. The fraction of sp³-hybridized carbons (Fsp3) is 0.750. The zero-order valence-corrected chi connectivity index (χ0v) is 18.2. The van der Waals surface area contributed by atoms with Crippen molar-refractivity contribution in [2.45, 2.75) is 44.6 Å². The lowest BCUT2D eigenvalue weighted by molar-refractivity contribution is -0.107. The molecule has 1 aromatic rings. The molecule has 4 saturated carbocycles. The van der Waals surface area contributed by atoms with Crippen LogP contribution in [0.1, 0.15) is 38.5 Å². The van der Waals surface area contributed by atoms with Gasteiger partial charge in [0.2, 0.25) is 0 Å². The van der Waals surface area contributed by atoms with Gasteiger partial charge in [0.1, 0.15) is 0 Å². The largest absolute Gasteiger partial charge is 0.389 e. The van der Waals surface area contributed by atoms with Crippen LogP contribution in [-0.2, 0) is 4.74 Å². The minimum Gasteiger partial charge on any atom is -0.389 e. The molecular formula is C24H35ClN2O2. The van der Waals surface area contributed by atoms with E-state index in [-0.39, 0.29) is 6.10 Å². The van der Waals surface area contributed by atoms with Crippen LogP contribution in [0.4, 0.5) is 5.69 Å². The van der Waals surface area contributed by atoms with Crippen molar-refractivity contribution in [1.82, 2.24) is 4.90 Å². The summed E-state index contributed by atoms with van der Waals surface area (Å²) in [5, 5.41) is 11.3. The molecule has 1 heterocycles. The number of hydrogen-bond acceptors (Lipinski definition) is 4. The number of nitrogens with zero attached hydrogens (tertiary/aromatic N) is 2. The minimum atomic E-state index is -0.387. The van der Waals surface area contributed by atoms with Gasteiger partial charge >= 0.3 is 0 Å². The number of aliphatic hydroxyl groups excluding tert-OH is 1. The third kappa shape index (κ3) is 4.61. The van der Waals surface area contributed by atoms with E-state index in [1.807, 2.05) is 18.2 Å². The highest BCUT2D eigenvalue weighted by Gasteiger charge is 2.50. The molecule has 29 heavy (non-hydrogen) atoms. The molecule has 0 aromatic heterocycles. The van der Waals surface area contributed by atoms with Crippen LogP contribution in [0.25, 0.3) is 0 Å². The minimum absolute atomic E-state index is 0.387. The number of piperazine rings is 1. The summed E-state index contributed by atoms with van der Waals surface area (Å²) in [4.78, 5) is 4.73. The van der Waals surface area contributed by atoms with Gasteiger partial charge in [0, 0.05) is 43.4 Å². The standard InChI is InChI=1S/C24H35ClN2O2/c25-21-2-1-3-22(11-21)27-6-4-26(5-7-27)15-23(28)16-29-17-24-12-18-8-19(13-24)10-20(9-18)14-24/h1-3,11,18-20,23,28H,4-10,12-17H2/t18?,19?,20?,23-,24?/m0/s1. The highest BCUT2D eigenvalue weighted by Crippen LogP contribution is 2.60. The van der Waals surface area contributed by atoms with E-state index < -0.39 is 0 Å². The highest BCUT2D eigenvalue weighted by molar-refractivity contribution is 6.30. The molecule has 4 nitrogen and oxygen atoms in total. The van der Waals surface area contributed by atoms with E-state index in [1.165, 1.54) is 44.2 Å². The van der Waals surface area contributed by atoms with E-state index in [1.54, 1.807) is 0 Å². The lowest BCUT2D eigenvalue weighted by Crippen LogP contribution is -2.50. The van der Waals surface area contributed by atoms with Gasteiger partial charge in [-0.25, -0.2) is 0 Å². The number of aliphatic hydroxyl groups is 1. The predicted octanol–water partition coefficient (Wildman–Crippen LogP) is 4.06. The molecule has 1 aliphatic heterocycles. The summed E-state index contributed by atoms with van der Waals surface area (Å²) >= 11 is 6.12. The Hall–Kier alpha value is -0.810. The van der Waals surface area contributed by atoms with E-state index in [4.69, 9.17) is 16.3 Å². The molecule has 0 radical (unpaired) electrons. The van der Waals surface area contributed by atoms with Gasteiger partial charge in [-0.1, -0.05) is 17.7 Å². The average Bonchev–Trinajstić information content (AvgIpc) is 2.67. The zero-order valence-electron chi connectivity index (χ0n) is 17.4. The Kier molecular flexibility index (Phi) is 5.81. The summed E-state index contributed by atoms with van der Waals surface area (Å²) in [5.74, 6) is 2.89. The molecule has 1 N–H and O–H groups in total. The van der Waals surface area contributed by atoms with E-state index in [9.17, 15) is 5.11 Å². The lowest BCUT2D eigenvalue weighted by atomic mass is 9.50. The van der Waals surface area contributed by atoms with Crippen molar-refractivity contribution >= 4 is 17.3 Å². The van der Waals surface area contributed by atoms with Gasteiger partial charge in [-0.15, -0.1) is 0 Å². The quantitative estimate of drug-likeness (QED) is 0.724. The molecule has 4 aliphatic carbocycles. The second-order valence-electron chi connectivity index (χ2n) is 10.4. The molecule has 6 rings (SSSR count). The Morgan fingerprint density at radius 3 is 2.31 bits per heavy atom. The third-order valence-corrected chi connectivity index (χ3v) is 8.13. The van der Waals surface area contributed by atoms with Crippen molar-refractivity contribution in [3.63, 3.8) is 0 Å². The first-order valence-electron chi connectivity index (χ1n) is 11.6. The van der Waals surface area contributed by atoms with Gasteiger partial charge in [-0.3, -0.25) is 4.90 Å². The number of hydrogen-bond donors (Lipinski definition) is 1. The number of rotatable bonds is 7. The Morgan fingerprint density at radius 2 is 1.69 bits per heavy atom. The van der Waals surface area contributed by atoms with Crippen LogP contribution < -0.4 is 4.90 Å². The third-order valence-electron chi connectivity index (χ3n) is 7.90. The van der Waals surface area contributed by atoms with Crippen LogP contribution >= 0.6 is 11.6 Å². The molecule has 5 fully saturated rings. The van der Waals surface area contributed by atoms with Gasteiger partial charge in [0.15, 0.2) is 0 Å². The molecular weight excluding hydrogens is 384 g/mol. The number of halogens is 1. The van der Waals surface area contributed by atoms with Crippen molar-refractivity contribution in [1.29, 1.82) is 0 Å². The zero-order chi connectivity index (χ0) is 19.8. The van der Waals surface area contributed by atoms with Gasteiger partial charge in [0.25, 0.3) is 0 Å². The first-order valence-corrected chi connectivity index (χ1v) is 11.9. The van der Waals surface area contributed by atoms with Crippen molar-refractivity contribution in [3.8, 4) is 0 Å². The molecule has 5 heteroatoms. The smallest absolute Gasteiger partial charge is 0.0900 e. The number of β-amino-alcohol motifs (C(OH)–C–C–N with tert-alkyl or cyclic N) is 1. The molecule has 5 aliphatic rings. The number of benzene rings is 1. The Morgan fingerprint density at radius 1 is 1.03 bits per heavy atom. The summed E-state index contributed by atoms with van der Waals surface area (Å²) in [6.45, 7) is 5.95. The van der Waals surface area contributed by atoms with Crippen LogP contribution in [-0.4, -0.2) is 62.0 Å². The maximum Gasteiger partial charge on any atom is 0.0900 e. The van der Waals surface area contributed by atoms with Crippen LogP contribution in [0.5, 0.6) is 0 Å². The second kappa shape index (κ2) is 8.37. The highest BCUT2D eigenvalue weighted by atomic mass is 35.5. The van der Waals surface area contributed by atoms with E-state index in [0.717, 1.165) is 55.6 Å². The first kappa shape index (κ1) is 20.1. The maximum atomic E-state index is 10.5. The predicted molar refractivity (Wildman–Crippen MR) is 118 cm³/mol. The summed E-state index contributed by atoms with van der Waals surface area (Å²) < 4.78 is 6.12. The van der Waals surface area contributed by atoms with Crippen molar-refractivity contribution in [3.05, 3.63) is 29.3 Å². The molecule has 0 spiro atoms. The Bertz CT molecular complexity index is 669. The van der Waals surface area contributed by atoms with Crippen molar-refractivity contribution in [2.75, 3.05) is 50.8 Å². The van der Waals surface area contributed by atoms with Crippen LogP contribution in [0.3, 0.4) is 0 Å². The monoisotopic (exact) mass is 418 g/mol. The van der Waals surface area contributed by atoms with Gasteiger partial charge in [-0.05, 0) is 79.9 Å². The molecule has 0 amide bonds. The van der Waals surface area contributed by atoms with E-state index >= 15 is 0 Å². The SMILES string of the molecule is O[C@H](COCC12CC3CC(CC(C3)C1)C2)CN1CCN(c2cccc(Cl)c2)CC1.